The summed E-state index contributed by atoms with van der Waals surface area (Å²) in [5, 5.41) is 3.71. The lowest BCUT2D eigenvalue weighted by Gasteiger charge is -2.33. The molecule has 1 fully saturated rings. The van der Waals surface area contributed by atoms with Crippen LogP contribution in [0, 0.1) is 0 Å². The van der Waals surface area contributed by atoms with Crippen molar-refractivity contribution < 1.29 is 0 Å². The van der Waals surface area contributed by atoms with Crippen LogP contribution in [0.2, 0.25) is 0 Å². The van der Waals surface area contributed by atoms with Crippen molar-refractivity contribution >= 4 is 11.6 Å². The molecule has 0 amide bonds. The number of hydrogen-bond acceptors (Lipinski definition) is 1. The van der Waals surface area contributed by atoms with Gasteiger partial charge in [0.05, 0.1) is 0 Å². The monoisotopic (exact) mass is 203 g/mol. The molecule has 0 aromatic carbocycles. The molecule has 1 aliphatic carbocycles. The molecule has 0 aromatic heterocycles. The lowest BCUT2D eigenvalue weighted by molar-refractivity contribution is 0.275. The third-order valence-corrected chi connectivity index (χ3v) is 3.11. The van der Waals surface area contributed by atoms with Gasteiger partial charge in [-0.05, 0) is 33.1 Å². The minimum absolute atomic E-state index is 0.226. The Morgan fingerprint density at radius 2 is 1.85 bits per heavy atom. The second kappa shape index (κ2) is 5.21. The summed E-state index contributed by atoms with van der Waals surface area (Å²) < 4.78 is 0. The molecule has 0 bridgehead atoms. The molecule has 0 spiro atoms. The van der Waals surface area contributed by atoms with E-state index in [4.69, 9.17) is 11.6 Å². The van der Waals surface area contributed by atoms with Gasteiger partial charge in [-0.2, -0.15) is 0 Å². The Morgan fingerprint density at radius 1 is 1.23 bits per heavy atom. The molecule has 1 rings (SSSR count). The second-order valence-electron chi connectivity index (χ2n) is 4.80. The van der Waals surface area contributed by atoms with Crippen LogP contribution in [-0.2, 0) is 0 Å². The van der Waals surface area contributed by atoms with Gasteiger partial charge in [0, 0.05) is 17.5 Å². The van der Waals surface area contributed by atoms with E-state index in [1.54, 1.807) is 0 Å². The van der Waals surface area contributed by atoms with Gasteiger partial charge in [0.25, 0.3) is 0 Å². The fourth-order valence-electron chi connectivity index (χ4n) is 2.11. The van der Waals surface area contributed by atoms with Gasteiger partial charge in [-0.25, -0.2) is 0 Å². The van der Waals surface area contributed by atoms with Gasteiger partial charge >= 0.3 is 0 Å². The summed E-state index contributed by atoms with van der Waals surface area (Å²) in [6.07, 6.45) is 7.99. The minimum atomic E-state index is 0.226. The molecule has 1 saturated carbocycles. The molecule has 1 N–H and O–H groups in total. The lowest BCUT2D eigenvalue weighted by Crippen LogP contribution is -2.46. The van der Waals surface area contributed by atoms with Gasteiger partial charge in [0.15, 0.2) is 0 Å². The molecule has 2 heteroatoms. The van der Waals surface area contributed by atoms with Crippen LogP contribution in [0.1, 0.15) is 52.4 Å². The third-order valence-electron chi connectivity index (χ3n) is 2.92. The first-order valence-corrected chi connectivity index (χ1v) is 6.01. The minimum Gasteiger partial charge on any atom is -0.309 e. The van der Waals surface area contributed by atoms with E-state index in [1.807, 2.05) is 0 Å². The Morgan fingerprint density at radius 3 is 2.38 bits per heavy atom. The maximum atomic E-state index is 5.76. The first kappa shape index (κ1) is 11.3. The van der Waals surface area contributed by atoms with Gasteiger partial charge in [-0.15, -0.1) is 11.6 Å². The summed E-state index contributed by atoms with van der Waals surface area (Å²) in [7, 11) is 0. The zero-order valence-electron chi connectivity index (χ0n) is 8.91. The van der Waals surface area contributed by atoms with E-state index < -0.39 is 0 Å². The van der Waals surface area contributed by atoms with Crippen LogP contribution in [0.5, 0.6) is 0 Å². The number of alkyl halides is 1. The molecule has 0 radical (unpaired) electrons. The smallest absolute Gasteiger partial charge is 0.0240 e. The normalized spacial score (nSPS) is 20.5. The van der Waals surface area contributed by atoms with E-state index in [1.165, 1.54) is 32.1 Å². The fraction of sp³-hybridized carbons (Fsp3) is 1.00. The van der Waals surface area contributed by atoms with E-state index in [-0.39, 0.29) is 5.54 Å². The molecule has 0 saturated heterocycles. The first-order valence-electron chi connectivity index (χ1n) is 5.48. The van der Waals surface area contributed by atoms with Crippen molar-refractivity contribution in [1.29, 1.82) is 0 Å². The van der Waals surface area contributed by atoms with Crippen molar-refractivity contribution in [2.75, 3.05) is 5.88 Å². The predicted molar refractivity (Wildman–Crippen MR) is 59.4 cm³/mol. The van der Waals surface area contributed by atoms with Crippen LogP contribution in [0.3, 0.4) is 0 Å². The summed E-state index contributed by atoms with van der Waals surface area (Å²) in [5.74, 6) is 0.757. The Labute approximate surface area is 87.2 Å². The fourth-order valence-corrected chi connectivity index (χ4v) is 2.58. The van der Waals surface area contributed by atoms with Crippen LogP contribution in [0.15, 0.2) is 0 Å². The molecular weight excluding hydrogens is 182 g/mol. The number of rotatable bonds is 4. The highest BCUT2D eigenvalue weighted by Crippen LogP contribution is 2.21. The molecule has 0 unspecified atom stereocenters. The maximum absolute atomic E-state index is 5.76. The van der Waals surface area contributed by atoms with E-state index in [9.17, 15) is 0 Å². The molecule has 1 aliphatic rings. The van der Waals surface area contributed by atoms with Crippen molar-refractivity contribution in [3.05, 3.63) is 0 Å². The van der Waals surface area contributed by atoms with E-state index >= 15 is 0 Å². The Kier molecular flexibility index (Phi) is 4.54. The number of nitrogens with one attached hydrogen (secondary N) is 1. The van der Waals surface area contributed by atoms with Crippen molar-refractivity contribution in [2.45, 2.75) is 64.0 Å². The summed E-state index contributed by atoms with van der Waals surface area (Å²) in [5.41, 5.74) is 0.226. The van der Waals surface area contributed by atoms with E-state index in [0.29, 0.717) is 0 Å². The average molecular weight is 204 g/mol. The van der Waals surface area contributed by atoms with Gasteiger partial charge < -0.3 is 5.32 Å². The molecule has 78 valence electrons. The third kappa shape index (κ3) is 4.33. The Bertz CT molecular complexity index is 139. The van der Waals surface area contributed by atoms with Crippen molar-refractivity contribution in [1.82, 2.24) is 5.32 Å². The van der Waals surface area contributed by atoms with Crippen LogP contribution in [0.25, 0.3) is 0 Å². The summed E-state index contributed by atoms with van der Waals surface area (Å²) in [4.78, 5) is 0. The van der Waals surface area contributed by atoms with Gasteiger partial charge in [-0.3, -0.25) is 0 Å². The largest absolute Gasteiger partial charge is 0.309 e. The number of halogens is 1. The highest BCUT2D eigenvalue weighted by molar-refractivity contribution is 6.17. The van der Waals surface area contributed by atoms with Crippen LogP contribution < -0.4 is 5.32 Å². The second-order valence-corrected chi connectivity index (χ2v) is 5.18. The number of hydrogen-bond donors (Lipinski definition) is 1. The zero-order valence-corrected chi connectivity index (χ0v) is 9.66. The Hall–Kier alpha value is 0.250. The van der Waals surface area contributed by atoms with Gasteiger partial charge in [0.1, 0.15) is 0 Å². The SMILES string of the molecule is CC(C)(CCCl)NC1CCCCC1. The zero-order chi connectivity index (χ0) is 9.73. The Balaban J connectivity index is 2.28. The van der Waals surface area contributed by atoms with Gasteiger partial charge in [-0.1, -0.05) is 19.3 Å². The molecule has 0 aliphatic heterocycles. The first-order chi connectivity index (χ1) is 6.14. The standard InChI is InChI=1S/C11H22ClN/c1-11(2,8-9-12)13-10-6-4-3-5-7-10/h10,13H,3-9H2,1-2H3. The topological polar surface area (TPSA) is 12.0 Å². The molecule has 0 atom stereocenters. The maximum Gasteiger partial charge on any atom is 0.0240 e. The molecular formula is C11H22ClN. The van der Waals surface area contributed by atoms with E-state index in [0.717, 1.165) is 18.3 Å². The van der Waals surface area contributed by atoms with Crippen molar-refractivity contribution in [2.24, 2.45) is 0 Å². The quantitative estimate of drug-likeness (QED) is 0.692. The average Bonchev–Trinajstić information content (AvgIpc) is 2.04. The van der Waals surface area contributed by atoms with Crippen molar-refractivity contribution in [3.8, 4) is 0 Å². The molecule has 0 heterocycles. The summed E-state index contributed by atoms with van der Waals surface area (Å²) in [6.45, 7) is 4.51. The van der Waals surface area contributed by atoms with Gasteiger partial charge in [0.2, 0.25) is 0 Å². The highest BCUT2D eigenvalue weighted by Gasteiger charge is 2.22. The molecule has 0 aromatic rings. The van der Waals surface area contributed by atoms with Crippen molar-refractivity contribution in [3.63, 3.8) is 0 Å². The van der Waals surface area contributed by atoms with Crippen LogP contribution in [-0.4, -0.2) is 17.5 Å². The highest BCUT2D eigenvalue weighted by atomic mass is 35.5. The summed E-state index contributed by atoms with van der Waals surface area (Å²) >= 11 is 5.76. The molecule has 13 heavy (non-hydrogen) atoms. The van der Waals surface area contributed by atoms with Crippen LogP contribution >= 0.6 is 11.6 Å². The van der Waals surface area contributed by atoms with E-state index in [2.05, 4.69) is 19.2 Å². The summed E-state index contributed by atoms with van der Waals surface area (Å²) in [6, 6.07) is 0.743. The predicted octanol–water partition coefficient (Wildman–Crippen LogP) is 3.32. The molecule has 1 nitrogen and oxygen atoms in total. The van der Waals surface area contributed by atoms with Crippen LogP contribution in [0.4, 0.5) is 0 Å². The lowest BCUT2D eigenvalue weighted by atomic mass is 9.92.